The minimum Gasteiger partial charge on any atom is -0.491 e. The quantitative estimate of drug-likeness (QED) is 0.768. The second-order valence-corrected chi connectivity index (χ2v) is 4.72. The third-order valence-corrected chi connectivity index (χ3v) is 3.20. The number of hydrogen-bond acceptors (Lipinski definition) is 2. The van der Waals surface area contributed by atoms with E-state index >= 15 is 0 Å². The van der Waals surface area contributed by atoms with Gasteiger partial charge in [-0.2, -0.15) is 0 Å². The van der Waals surface area contributed by atoms with Gasteiger partial charge in [-0.15, -0.1) is 0 Å². The van der Waals surface area contributed by atoms with Crippen molar-refractivity contribution in [3.8, 4) is 5.75 Å². The molecule has 1 aromatic carbocycles. The van der Waals surface area contributed by atoms with E-state index in [1.165, 1.54) is 19.5 Å². The molecule has 0 saturated carbocycles. The zero-order valence-corrected chi connectivity index (χ0v) is 10.1. The Labute approximate surface area is 98.2 Å². The highest BCUT2D eigenvalue weighted by atomic mass is 16.5. The van der Waals surface area contributed by atoms with Crippen molar-refractivity contribution >= 4 is 0 Å². The Morgan fingerprint density at radius 3 is 3.06 bits per heavy atom. The van der Waals surface area contributed by atoms with Crippen LogP contribution in [0.3, 0.4) is 0 Å². The Bertz CT molecular complexity index is 312. The van der Waals surface area contributed by atoms with Gasteiger partial charge in [0.2, 0.25) is 0 Å². The van der Waals surface area contributed by atoms with E-state index in [4.69, 9.17) is 4.74 Å². The lowest BCUT2D eigenvalue weighted by molar-refractivity contribution is 0.169. The Balaban J connectivity index is 1.78. The van der Waals surface area contributed by atoms with Gasteiger partial charge >= 0.3 is 0 Å². The monoisotopic (exact) mass is 217 g/mol. The number of nitrogens with zero attached hydrogens (tertiary/aromatic N) is 1. The third kappa shape index (κ3) is 2.90. The molecule has 1 aliphatic heterocycles. The molecular formula is C14H19NO. The molecule has 2 nitrogen and oxygen atoms in total. The first kappa shape index (κ1) is 11.3. The summed E-state index contributed by atoms with van der Waals surface area (Å²) in [5.74, 6) is 1.72. The van der Waals surface area contributed by atoms with Gasteiger partial charge in [0.25, 0.3) is 0 Å². The molecule has 1 aromatic rings. The molecule has 2 rings (SSSR count). The van der Waals surface area contributed by atoms with Gasteiger partial charge in [0.1, 0.15) is 12.4 Å². The van der Waals surface area contributed by atoms with Crippen LogP contribution in [0, 0.1) is 18.1 Å². The van der Waals surface area contributed by atoms with Gasteiger partial charge in [-0.3, -0.25) is 4.90 Å². The molecule has 0 spiro atoms. The smallest absolute Gasteiger partial charge is 0.128 e. The highest BCUT2D eigenvalue weighted by Gasteiger charge is 2.23. The van der Waals surface area contributed by atoms with E-state index in [-0.39, 0.29) is 0 Å². The van der Waals surface area contributed by atoms with E-state index in [9.17, 15) is 0 Å². The second-order valence-electron chi connectivity index (χ2n) is 4.72. The Kier molecular flexibility index (Phi) is 3.69. The molecule has 1 aliphatic rings. The molecular weight excluding hydrogens is 198 g/mol. The van der Waals surface area contributed by atoms with Gasteiger partial charge < -0.3 is 4.74 Å². The Hall–Kier alpha value is -1.20. The van der Waals surface area contributed by atoms with Crippen LogP contribution in [0.2, 0.25) is 0 Å². The number of hydrogen-bond donors (Lipinski definition) is 0. The zero-order chi connectivity index (χ0) is 11.4. The summed E-state index contributed by atoms with van der Waals surface area (Å²) in [5.41, 5.74) is 0. The van der Waals surface area contributed by atoms with Gasteiger partial charge in [-0.25, -0.2) is 0 Å². The largest absolute Gasteiger partial charge is 0.491 e. The minimum absolute atomic E-state index is 0.495. The lowest BCUT2D eigenvalue weighted by atomic mass is 10.2. The zero-order valence-electron chi connectivity index (χ0n) is 10.1. The molecule has 0 amide bonds. The van der Waals surface area contributed by atoms with Gasteiger partial charge in [0, 0.05) is 18.7 Å². The SMILES string of the molecule is CC1CCN(C(C)COc2cc#ccc2)C1. The molecule has 0 radical (unpaired) electrons. The van der Waals surface area contributed by atoms with Gasteiger partial charge in [-0.1, -0.05) is 19.1 Å². The van der Waals surface area contributed by atoms with E-state index < -0.39 is 0 Å². The van der Waals surface area contributed by atoms with Crippen LogP contribution in [0.5, 0.6) is 5.75 Å². The molecule has 16 heavy (non-hydrogen) atoms. The van der Waals surface area contributed by atoms with E-state index in [0.29, 0.717) is 6.04 Å². The fourth-order valence-corrected chi connectivity index (χ4v) is 2.11. The molecule has 2 unspecified atom stereocenters. The van der Waals surface area contributed by atoms with Crippen LogP contribution in [0.25, 0.3) is 0 Å². The van der Waals surface area contributed by atoms with Crippen molar-refractivity contribution in [2.45, 2.75) is 26.3 Å². The van der Waals surface area contributed by atoms with E-state index in [1.807, 2.05) is 18.2 Å². The molecule has 0 aliphatic carbocycles. The summed E-state index contributed by atoms with van der Waals surface area (Å²) in [5, 5.41) is 0. The van der Waals surface area contributed by atoms with E-state index in [1.54, 1.807) is 0 Å². The van der Waals surface area contributed by atoms with Gasteiger partial charge in [0.15, 0.2) is 0 Å². The predicted octanol–water partition coefficient (Wildman–Crippen LogP) is 2.40. The summed E-state index contributed by atoms with van der Waals surface area (Å²) < 4.78 is 5.72. The molecule has 1 saturated heterocycles. The first-order valence-corrected chi connectivity index (χ1v) is 6.00. The standard InChI is InChI=1S/C14H19NO/c1-12-8-9-15(10-12)13(2)11-16-14-6-4-3-5-7-14/h4,6-7,12-13H,8-11H2,1-2H3. The lowest BCUT2D eigenvalue weighted by Crippen LogP contribution is -2.35. The van der Waals surface area contributed by atoms with Crippen molar-refractivity contribution < 1.29 is 4.74 Å². The highest BCUT2D eigenvalue weighted by molar-refractivity contribution is 5.16. The van der Waals surface area contributed by atoms with Crippen LogP contribution < -0.4 is 4.74 Å². The maximum absolute atomic E-state index is 5.72. The molecule has 2 atom stereocenters. The minimum atomic E-state index is 0.495. The average Bonchev–Trinajstić information content (AvgIpc) is 2.74. The van der Waals surface area contributed by atoms with Crippen LogP contribution in [0.1, 0.15) is 20.3 Å². The molecule has 1 fully saturated rings. The number of ether oxygens (including phenoxy) is 1. The van der Waals surface area contributed by atoms with E-state index in [2.05, 4.69) is 30.9 Å². The number of likely N-dealkylation sites (tertiary alicyclic amines) is 1. The molecule has 86 valence electrons. The first-order valence-electron chi connectivity index (χ1n) is 6.00. The fourth-order valence-electron chi connectivity index (χ4n) is 2.11. The summed E-state index contributed by atoms with van der Waals surface area (Å²) >= 11 is 0. The third-order valence-electron chi connectivity index (χ3n) is 3.20. The van der Waals surface area contributed by atoms with Crippen molar-refractivity contribution in [3.05, 3.63) is 30.3 Å². The molecule has 1 heterocycles. The highest BCUT2D eigenvalue weighted by Crippen LogP contribution is 2.18. The van der Waals surface area contributed by atoms with Crippen molar-refractivity contribution in [2.75, 3.05) is 19.7 Å². The Morgan fingerprint density at radius 2 is 2.44 bits per heavy atom. The second kappa shape index (κ2) is 5.23. The van der Waals surface area contributed by atoms with Crippen LogP contribution in [0.4, 0.5) is 0 Å². The van der Waals surface area contributed by atoms with E-state index in [0.717, 1.165) is 18.3 Å². The lowest BCUT2D eigenvalue weighted by Gasteiger charge is -2.24. The van der Waals surface area contributed by atoms with Gasteiger partial charge in [-0.05, 0) is 37.9 Å². The number of rotatable bonds is 4. The summed E-state index contributed by atoms with van der Waals surface area (Å²) in [6, 6.07) is 11.8. The normalized spacial score (nSPS) is 22.8. The summed E-state index contributed by atoms with van der Waals surface area (Å²) in [4.78, 5) is 2.50. The molecule has 0 N–H and O–H groups in total. The summed E-state index contributed by atoms with van der Waals surface area (Å²) in [7, 11) is 0. The van der Waals surface area contributed by atoms with Crippen molar-refractivity contribution in [3.63, 3.8) is 0 Å². The Morgan fingerprint density at radius 1 is 1.56 bits per heavy atom. The maximum atomic E-state index is 5.72. The van der Waals surface area contributed by atoms with Crippen molar-refractivity contribution in [1.82, 2.24) is 4.90 Å². The summed E-state index contributed by atoms with van der Waals surface area (Å²) in [6.45, 7) is 7.72. The van der Waals surface area contributed by atoms with Crippen LogP contribution in [0.15, 0.2) is 18.2 Å². The predicted molar refractivity (Wildman–Crippen MR) is 64.4 cm³/mol. The van der Waals surface area contributed by atoms with Crippen LogP contribution in [-0.2, 0) is 0 Å². The van der Waals surface area contributed by atoms with Crippen molar-refractivity contribution in [2.24, 2.45) is 5.92 Å². The van der Waals surface area contributed by atoms with Gasteiger partial charge in [0.05, 0.1) is 0 Å². The maximum Gasteiger partial charge on any atom is 0.128 e. The molecule has 0 bridgehead atoms. The average molecular weight is 217 g/mol. The van der Waals surface area contributed by atoms with Crippen molar-refractivity contribution in [1.29, 1.82) is 0 Å². The molecule has 2 heteroatoms. The first-order chi connectivity index (χ1) is 7.75. The summed E-state index contributed by atoms with van der Waals surface area (Å²) in [6.07, 6.45) is 1.32. The molecule has 0 aromatic heterocycles. The fraction of sp³-hybridized carbons (Fsp3) is 0.571. The topological polar surface area (TPSA) is 12.5 Å². The van der Waals surface area contributed by atoms with Crippen LogP contribution in [-0.4, -0.2) is 30.6 Å². The van der Waals surface area contributed by atoms with Crippen LogP contribution >= 0.6 is 0 Å².